The molecule has 2 N–H and O–H groups in total. The van der Waals surface area contributed by atoms with E-state index in [9.17, 15) is 14.4 Å². The number of ether oxygens (including phenoxy) is 4. The molecule has 0 saturated carbocycles. The molecule has 3 rings (SSSR count). The number of methoxy groups -OCH3 is 1. The van der Waals surface area contributed by atoms with Crippen LogP contribution in [0.1, 0.15) is 37.7 Å². The molecule has 0 fully saturated rings. The van der Waals surface area contributed by atoms with E-state index in [1.807, 2.05) is 0 Å². The Kier molecular flexibility index (Phi) is 6.66. The van der Waals surface area contributed by atoms with E-state index in [2.05, 4.69) is 4.74 Å². The van der Waals surface area contributed by atoms with Gasteiger partial charge in [-0.25, -0.2) is 9.59 Å². The maximum Gasteiger partial charge on any atom is 0.343 e. The number of nitrogens with two attached hydrogens (primary N) is 1. The molecule has 160 valence electrons. The van der Waals surface area contributed by atoms with Gasteiger partial charge in [0.1, 0.15) is 17.1 Å². The third-order valence-corrected chi connectivity index (χ3v) is 5.07. The van der Waals surface area contributed by atoms with Crippen LogP contribution in [0.2, 0.25) is 5.02 Å². The fourth-order valence-electron chi connectivity index (χ4n) is 3.55. The summed E-state index contributed by atoms with van der Waals surface area (Å²) in [5, 5.41) is 0.356. The van der Waals surface area contributed by atoms with Crippen molar-refractivity contribution in [2.24, 2.45) is 5.73 Å². The average molecular weight is 436 g/mol. The highest BCUT2D eigenvalue weighted by molar-refractivity contribution is 6.30. The molecule has 8 nitrogen and oxygen atoms in total. The quantitative estimate of drug-likeness (QED) is 0.678. The lowest BCUT2D eigenvalue weighted by molar-refractivity contribution is -0.143. The molecule has 1 aliphatic heterocycles. The number of halogens is 1. The van der Waals surface area contributed by atoms with Gasteiger partial charge in [-0.2, -0.15) is 0 Å². The molecular formula is C21H22ClNO7. The Labute approximate surface area is 178 Å². The number of esters is 2. The van der Waals surface area contributed by atoms with E-state index >= 15 is 0 Å². The first-order valence-corrected chi connectivity index (χ1v) is 9.85. The van der Waals surface area contributed by atoms with Crippen LogP contribution in [0.15, 0.2) is 41.0 Å². The Morgan fingerprint density at radius 2 is 2.07 bits per heavy atom. The van der Waals surface area contributed by atoms with Crippen LogP contribution in [-0.4, -0.2) is 38.0 Å². The SMILES string of the molecule is CCOC(=O)C1=C(N)OC2=C(C(=O)CCC2)[C@@H]1c1cc(Cl)ccc1OCC(=O)OC. The normalized spacial score (nSPS) is 18.5. The molecule has 0 unspecified atom stereocenters. The average Bonchev–Trinajstić information content (AvgIpc) is 2.71. The van der Waals surface area contributed by atoms with Crippen LogP contribution in [0.5, 0.6) is 5.75 Å². The van der Waals surface area contributed by atoms with E-state index in [0.29, 0.717) is 41.2 Å². The number of benzene rings is 1. The molecule has 30 heavy (non-hydrogen) atoms. The molecule has 1 heterocycles. The summed E-state index contributed by atoms with van der Waals surface area (Å²) < 4.78 is 21.0. The van der Waals surface area contributed by atoms with E-state index in [4.69, 9.17) is 31.5 Å². The minimum absolute atomic E-state index is 0.00367. The maximum absolute atomic E-state index is 12.9. The second-order valence-corrected chi connectivity index (χ2v) is 7.13. The minimum Gasteiger partial charge on any atom is -0.482 e. The first-order chi connectivity index (χ1) is 14.4. The molecule has 0 bridgehead atoms. The first kappa shape index (κ1) is 21.7. The Balaban J connectivity index is 2.17. The van der Waals surface area contributed by atoms with Crippen LogP contribution in [0.3, 0.4) is 0 Å². The zero-order valence-electron chi connectivity index (χ0n) is 16.7. The van der Waals surface area contributed by atoms with Crippen LogP contribution in [0.25, 0.3) is 0 Å². The van der Waals surface area contributed by atoms with Gasteiger partial charge in [-0.15, -0.1) is 0 Å². The highest BCUT2D eigenvalue weighted by atomic mass is 35.5. The van der Waals surface area contributed by atoms with Crippen molar-refractivity contribution >= 4 is 29.3 Å². The van der Waals surface area contributed by atoms with Crippen molar-refractivity contribution in [1.29, 1.82) is 0 Å². The van der Waals surface area contributed by atoms with Crippen molar-refractivity contribution in [2.75, 3.05) is 20.3 Å². The van der Waals surface area contributed by atoms with Crippen molar-refractivity contribution in [3.63, 3.8) is 0 Å². The van der Waals surface area contributed by atoms with E-state index in [1.54, 1.807) is 25.1 Å². The predicted octanol–water partition coefficient (Wildman–Crippen LogP) is 2.75. The molecule has 1 aromatic carbocycles. The second kappa shape index (κ2) is 9.21. The topological polar surface area (TPSA) is 114 Å². The fourth-order valence-corrected chi connectivity index (χ4v) is 3.73. The van der Waals surface area contributed by atoms with Crippen LogP contribution >= 0.6 is 11.6 Å². The molecule has 0 radical (unpaired) electrons. The van der Waals surface area contributed by atoms with Gasteiger partial charge in [-0.1, -0.05) is 11.6 Å². The van der Waals surface area contributed by atoms with Gasteiger partial charge in [0.25, 0.3) is 0 Å². The molecule has 9 heteroatoms. The third-order valence-electron chi connectivity index (χ3n) is 4.84. The number of hydrogen-bond acceptors (Lipinski definition) is 8. The lowest BCUT2D eigenvalue weighted by atomic mass is 9.77. The summed E-state index contributed by atoms with van der Waals surface area (Å²) in [6.45, 7) is 1.42. The molecule has 0 spiro atoms. The molecule has 2 aliphatic rings. The number of rotatable bonds is 6. The van der Waals surface area contributed by atoms with E-state index in [-0.39, 0.29) is 36.2 Å². The smallest absolute Gasteiger partial charge is 0.343 e. The summed E-state index contributed by atoms with van der Waals surface area (Å²) in [7, 11) is 1.24. The Bertz CT molecular complexity index is 951. The minimum atomic E-state index is -0.896. The van der Waals surface area contributed by atoms with Gasteiger partial charge in [0.15, 0.2) is 12.4 Å². The zero-order valence-corrected chi connectivity index (χ0v) is 17.4. The lowest BCUT2D eigenvalue weighted by Gasteiger charge is -2.33. The summed E-state index contributed by atoms with van der Waals surface area (Å²) in [5.41, 5.74) is 6.81. The number of Topliss-reactive ketones (excluding diaryl/α,β-unsaturated/α-hetero) is 1. The number of carbonyl (C=O) groups is 3. The van der Waals surface area contributed by atoms with Gasteiger partial charge in [0.2, 0.25) is 5.88 Å². The number of ketones is 1. The van der Waals surface area contributed by atoms with Crippen LogP contribution in [0, 0.1) is 0 Å². The van der Waals surface area contributed by atoms with Crippen molar-refractivity contribution in [3.8, 4) is 5.75 Å². The van der Waals surface area contributed by atoms with Crippen LogP contribution in [0.4, 0.5) is 0 Å². The Morgan fingerprint density at radius 3 is 2.77 bits per heavy atom. The largest absolute Gasteiger partial charge is 0.482 e. The van der Waals surface area contributed by atoms with Crippen LogP contribution < -0.4 is 10.5 Å². The first-order valence-electron chi connectivity index (χ1n) is 9.47. The van der Waals surface area contributed by atoms with E-state index in [0.717, 1.165) is 0 Å². The maximum atomic E-state index is 12.9. The highest BCUT2D eigenvalue weighted by Gasteiger charge is 2.42. The number of carbonyl (C=O) groups excluding carboxylic acids is 3. The fraction of sp³-hybridized carbons (Fsp3) is 0.381. The van der Waals surface area contributed by atoms with Gasteiger partial charge in [0.05, 0.1) is 19.6 Å². The van der Waals surface area contributed by atoms with Gasteiger partial charge in [-0.3, -0.25) is 4.79 Å². The number of allylic oxidation sites excluding steroid dienone is 2. The van der Waals surface area contributed by atoms with Gasteiger partial charge >= 0.3 is 11.9 Å². The third kappa shape index (κ3) is 4.28. The predicted molar refractivity (Wildman–Crippen MR) is 107 cm³/mol. The van der Waals surface area contributed by atoms with Crippen molar-refractivity contribution < 1.29 is 33.3 Å². The monoisotopic (exact) mass is 435 g/mol. The van der Waals surface area contributed by atoms with Crippen molar-refractivity contribution in [2.45, 2.75) is 32.1 Å². The van der Waals surface area contributed by atoms with E-state index < -0.39 is 17.9 Å². The summed E-state index contributed by atoms with van der Waals surface area (Å²) in [6.07, 6.45) is 1.44. The van der Waals surface area contributed by atoms with Crippen molar-refractivity contribution in [3.05, 3.63) is 51.6 Å². The van der Waals surface area contributed by atoms with Gasteiger partial charge in [0, 0.05) is 29.0 Å². The number of hydrogen-bond donors (Lipinski definition) is 1. The Hall–Kier alpha value is -3.00. The molecule has 0 aromatic heterocycles. The zero-order chi connectivity index (χ0) is 21.8. The molecule has 0 amide bonds. The summed E-state index contributed by atoms with van der Waals surface area (Å²) in [4.78, 5) is 37.2. The highest BCUT2D eigenvalue weighted by Crippen LogP contribution is 2.47. The van der Waals surface area contributed by atoms with Crippen LogP contribution in [-0.2, 0) is 28.6 Å². The molecule has 1 aliphatic carbocycles. The molecular weight excluding hydrogens is 414 g/mol. The summed E-state index contributed by atoms with van der Waals surface area (Å²) in [6, 6.07) is 4.71. The van der Waals surface area contributed by atoms with Gasteiger partial charge in [-0.05, 0) is 31.5 Å². The van der Waals surface area contributed by atoms with E-state index in [1.165, 1.54) is 7.11 Å². The molecule has 1 atom stereocenters. The molecule has 1 aromatic rings. The standard InChI is InChI=1S/C21H22ClNO7/c1-3-28-21(26)19-17(18-13(24)5-4-6-15(18)30-20(19)23)12-9-11(22)7-8-14(12)29-10-16(25)27-2/h7-9,17H,3-6,10,23H2,1-2H3/t17-/m0/s1. The summed E-state index contributed by atoms with van der Waals surface area (Å²) >= 11 is 6.22. The second-order valence-electron chi connectivity index (χ2n) is 6.69. The van der Waals surface area contributed by atoms with Gasteiger partial charge < -0.3 is 24.7 Å². The Morgan fingerprint density at radius 1 is 1.30 bits per heavy atom. The lowest BCUT2D eigenvalue weighted by Crippen LogP contribution is -2.31. The molecule has 0 saturated heterocycles. The summed E-state index contributed by atoms with van der Waals surface area (Å²) in [5.74, 6) is -1.80. The van der Waals surface area contributed by atoms with Crippen molar-refractivity contribution in [1.82, 2.24) is 0 Å².